The Balaban J connectivity index is 1.28. The van der Waals surface area contributed by atoms with Crippen LogP contribution in [0.15, 0.2) is 64.2 Å². The quantitative estimate of drug-likeness (QED) is 0.541. The molecule has 156 valence electrons. The van der Waals surface area contributed by atoms with Crippen molar-refractivity contribution in [1.82, 2.24) is 19.4 Å². The maximum Gasteiger partial charge on any atom is 0.259 e. The Morgan fingerprint density at radius 2 is 1.90 bits per heavy atom. The van der Waals surface area contributed by atoms with Crippen molar-refractivity contribution in [3.8, 4) is 10.4 Å². The second-order valence-electron chi connectivity index (χ2n) is 8.60. The average Bonchev–Trinajstić information content (AvgIpc) is 3.20. The lowest BCUT2D eigenvalue weighted by atomic mass is 9.83. The molecule has 2 unspecified atom stereocenters. The highest BCUT2D eigenvalue weighted by Crippen LogP contribution is 2.35. The van der Waals surface area contributed by atoms with E-state index in [9.17, 15) is 9.59 Å². The van der Waals surface area contributed by atoms with Crippen LogP contribution in [0.2, 0.25) is 0 Å². The van der Waals surface area contributed by atoms with Crippen molar-refractivity contribution in [2.24, 2.45) is 5.92 Å². The second kappa shape index (κ2) is 7.28. The van der Waals surface area contributed by atoms with E-state index in [1.165, 1.54) is 0 Å². The predicted molar refractivity (Wildman–Crippen MR) is 123 cm³/mol. The van der Waals surface area contributed by atoms with Crippen molar-refractivity contribution in [2.75, 3.05) is 13.1 Å². The molecule has 1 fully saturated rings. The molecule has 2 bridgehead atoms. The molecule has 2 aliphatic rings. The lowest BCUT2D eigenvalue weighted by molar-refractivity contribution is 0.112. The number of H-pyrrole nitrogens is 1. The lowest BCUT2D eigenvalue weighted by Crippen LogP contribution is -2.46. The number of likely N-dealkylation sites (tertiary alicyclic amines) is 1. The third-order valence-electron chi connectivity index (χ3n) is 6.44. The molecule has 4 aromatic rings. The van der Waals surface area contributed by atoms with Gasteiger partial charge < -0.3 is 9.55 Å². The fourth-order valence-electron chi connectivity index (χ4n) is 5.13. The number of thiophene rings is 1. The zero-order valence-corrected chi connectivity index (χ0v) is 17.8. The first-order valence-electron chi connectivity index (χ1n) is 10.6. The number of pyridine rings is 1. The zero-order chi connectivity index (χ0) is 20.9. The van der Waals surface area contributed by atoms with Crippen LogP contribution in [0.1, 0.15) is 23.9 Å². The summed E-state index contributed by atoms with van der Waals surface area (Å²) in [7, 11) is 0. The highest BCUT2D eigenvalue weighted by atomic mass is 32.1. The van der Waals surface area contributed by atoms with E-state index in [4.69, 9.17) is 4.98 Å². The number of fused-ring (bicyclic) bond motifs is 5. The smallest absolute Gasteiger partial charge is 0.259 e. The summed E-state index contributed by atoms with van der Waals surface area (Å²) in [6, 6.07) is 17.6. The van der Waals surface area contributed by atoms with Crippen molar-refractivity contribution < 1.29 is 0 Å². The molecule has 0 radical (unpaired) electrons. The minimum atomic E-state index is -0.0764. The molecule has 0 amide bonds. The number of hydrogen-bond acceptors (Lipinski definition) is 5. The molecule has 3 aromatic heterocycles. The molecule has 0 saturated carbocycles. The molecule has 1 aromatic carbocycles. The molecule has 6 nitrogen and oxygen atoms in total. The van der Waals surface area contributed by atoms with Crippen molar-refractivity contribution in [3.05, 3.63) is 86.8 Å². The molecule has 0 spiro atoms. The van der Waals surface area contributed by atoms with Gasteiger partial charge in [0.15, 0.2) is 0 Å². The number of hydrogen-bond donors (Lipinski definition) is 1. The summed E-state index contributed by atoms with van der Waals surface area (Å²) in [6.45, 7) is 3.18. The SMILES string of the molecule is O=c1[nH]c(CN2CC3CC(C2)c2cccc(=O)n2C3)nc2sc(-c3ccccc3)cc12. The number of benzene rings is 1. The van der Waals surface area contributed by atoms with Gasteiger partial charge in [-0.1, -0.05) is 36.4 Å². The van der Waals surface area contributed by atoms with Crippen LogP contribution in [0.5, 0.6) is 0 Å². The number of nitrogens with one attached hydrogen (secondary N) is 1. The van der Waals surface area contributed by atoms with Gasteiger partial charge in [-0.15, -0.1) is 11.3 Å². The van der Waals surface area contributed by atoms with Crippen LogP contribution in [0, 0.1) is 5.92 Å². The summed E-state index contributed by atoms with van der Waals surface area (Å²) in [5.74, 6) is 1.51. The Bertz CT molecular complexity index is 1390. The highest BCUT2D eigenvalue weighted by molar-refractivity contribution is 7.21. The Hall–Kier alpha value is -3.03. The molecule has 2 aliphatic heterocycles. The van der Waals surface area contributed by atoms with Crippen LogP contribution in [-0.4, -0.2) is 32.5 Å². The molecule has 7 heteroatoms. The van der Waals surface area contributed by atoms with E-state index in [0.29, 0.717) is 29.6 Å². The normalized spacial score (nSPS) is 20.6. The topological polar surface area (TPSA) is 71.0 Å². The van der Waals surface area contributed by atoms with Crippen LogP contribution >= 0.6 is 11.3 Å². The minimum absolute atomic E-state index is 0.0764. The van der Waals surface area contributed by atoms with E-state index in [-0.39, 0.29) is 11.1 Å². The third-order valence-corrected chi connectivity index (χ3v) is 7.52. The number of rotatable bonds is 3. The molecule has 1 saturated heterocycles. The number of aromatic nitrogens is 3. The van der Waals surface area contributed by atoms with Gasteiger partial charge in [0, 0.05) is 42.2 Å². The van der Waals surface area contributed by atoms with Gasteiger partial charge in [-0.05, 0) is 30.0 Å². The molecule has 2 atom stereocenters. The number of aromatic amines is 1. The van der Waals surface area contributed by atoms with Gasteiger partial charge in [-0.25, -0.2) is 4.98 Å². The first-order chi connectivity index (χ1) is 15.1. The van der Waals surface area contributed by atoms with Gasteiger partial charge in [0.1, 0.15) is 10.7 Å². The van der Waals surface area contributed by atoms with E-state index in [2.05, 4.69) is 28.1 Å². The molecule has 1 N–H and O–H groups in total. The fraction of sp³-hybridized carbons (Fsp3) is 0.292. The van der Waals surface area contributed by atoms with Gasteiger partial charge >= 0.3 is 0 Å². The Kier molecular flexibility index (Phi) is 4.40. The Morgan fingerprint density at radius 3 is 2.77 bits per heavy atom. The Labute approximate surface area is 182 Å². The van der Waals surface area contributed by atoms with Crippen LogP contribution in [0.25, 0.3) is 20.7 Å². The molecular formula is C24H22N4O2S. The van der Waals surface area contributed by atoms with E-state index < -0.39 is 0 Å². The Morgan fingerprint density at radius 1 is 1.03 bits per heavy atom. The average molecular weight is 431 g/mol. The number of nitrogens with zero attached hydrogens (tertiary/aromatic N) is 3. The summed E-state index contributed by atoms with van der Waals surface area (Å²) < 4.78 is 1.94. The van der Waals surface area contributed by atoms with Crippen LogP contribution in [0.3, 0.4) is 0 Å². The van der Waals surface area contributed by atoms with Gasteiger partial charge in [0.05, 0.1) is 11.9 Å². The molecule has 31 heavy (non-hydrogen) atoms. The summed E-state index contributed by atoms with van der Waals surface area (Å²) in [6.07, 6.45) is 1.12. The van der Waals surface area contributed by atoms with Crippen LogP contribution in [-0.2, 0) is 13.1 Å². The van der Waals surface area contributed by atoms with E-state index in [1.54, 1.807) is 17.4 Å². The van der Waals surface area contributed by atoms with Gasteiger partial charge in [0.2, 0.25) is 0 Å². The first-order valence-corrected chi connectivity index (χ1v) is 11.5. The van der Waals surface area contributed by atoms with Crippen LogP contribution < -0.4 is 11.1 Å². The maximum absolute atomic E-state index is 12.7. The van der Waals surface area contributed by atoms with Crippen molar-refractivity contribution in [2.45, 2.75) is 25.4 Å². The molecule has 0 aliphatic carbocycles. The summed E-state index contributed by atoms with van der Waals surface area (Å²) in [5.41, 5.74) is 2.26. The minimum Gasteiger partial charge on any atom is -0.312 e. The van der Waals surface area contributed by atoms with Crippen LogP contribution in [0.4, 0.5) is 0 Å². The second-order valence-corrected chi connectivity index (χ2v) is 9.63. The highest BCUT2D eigenvalue weighted by Gasteiger charge is 2.34. The van der Waals surface area contributed by atoms with Crippen molar-refractivity contribution in [1.29, 1.82) is 0 Å². The van der Waals surface area contributed by atoms with Crippen molar-refractivity contribution >= 4 is 21.6 Å². The predicted octanol–water partition coefficient (Wildman–Crippen LogP) is 3.43. The third kappa shape index (κ3) is 3.34. The number of piperidine rings is 1. The van der Waals surface area contributed by atoms with Gasteiger partial charge in [0.25, 0.3) is 11.1 Å². The summed E-state index contributed by atoms with van der Waals surface area (Å²) >= 11 is 1.56. The molecular weight excluding hydrogens is 408 g/mol. The fourth-order valence-corrected chi connectivity index (χ4v) is 6.19. The zero-order valence-electron chi connectivity index (χ0n) is 17.0. The summed E-state index contributed by atoms with van der Waals surface area (Å²) in [4.78, 5) is 37.0. The first kappa shape index (κ1) is 18.7. The van der Waals surface area contributed by atoms with Gasteiger partial charge in [-0.2, -0.15) is 0 Å². The van der Waals surface area contributed by atoms with E-state index in [0.717, 1.165) is 47.0 Å². The molecule has 6 rings (SSSR count). The maximum atomic E-state index is 12.7. The monoisotopic (exact) mass is 430 g/mol. The van der Waals surface area contributed by atoms with E-state index in [1.807, 2.05) is 34.9 Å². The van der Waals surface area contributed by atoms with Crippen molar-refractivity contribution in [3.63, 3.8) is 0 Å². The largest absolute Gasteiger partial charge is 0.312 e. The lowest BCUT2D eigenvalue weighted by Gasteiger charge is -2.42. The van der Waals surface area contributed by atoms with E-state index >= 15 is 0 Å². The molecule has 5 heterocycles. The summed E-state index contributed by atoms with van der Waals surface area (Å²) in [5, 5.41) is 0.649. The van der Waals surface area contributed by atoms with Gasteiger partial charge in [-0.3, -0.25) is 14.5 Å². The standard InChI is InChI=1S/C24H22N4O2S/c29-22-8-4-7-19-17-9-15(12-28(19)22)11-27(13-17)14-21-25-23(30)18-10-20(31-24(18)26-21)16-5-2-1-3-6-16/h1-8,10,15,17H,9,11-14H2,(H,25,26,30).